The summed E-state index contributed by atoms with van der Waals surface area (Å²) < 4.78 is 37.9. The smallest absolute Gasteiger partial charge is 0.243 e. The normalized spacial score (nSPS) is 19.2. The molecule has 0 aliphatic carbocycles. The molecule has 0 N–H and O–H groups in total. The summed E-state index contributed by atoms with van der Waals surface area (Å²) >= 11 is 0. The van der Waals surface area contributed by atoms with Crippen LogP contribution in [0.3, 0.4) is 0 Å². The Morgan fingerprint density at radius 3 is 2.52 bits per heavy atom. The highest BCUT2D eigenvalue weighted by Crippen LogP contribution is 2.39. The van der Waals surface area contributed by atoms with E-state index in [0.29, 0.717) is 18.1 Å². The van der Waals surface area contributed by atoms with Crippen molar-refractivity contribution in [1.82, 2.24) is 9.46 Å². The van der Waals surface area contributed by atoms with Gasteiger partial charge in [0.05, 0.1) is 23.7 Å². The van der Waals surface area contributed by atoms with Crippen LogP contribution in [0.4, 0.5) is 0 Å². The lowest BCUT2D eigenvalue weighted by Gasteiger charge is -2.24. The van der Waals surface area contributed by atoms with Crippen LogP contribution < -0.4 is 4.74 Å². The van der Waals surface area contributed by atoms with Gasteiger partial charge in [0.15, 0.2) is 0 Å². The summed E-state index contributed by atoms with van der Waals surface area (Å²) in [6.07, 6.45) is 1.60. The van der Waals surface area contributed by atoms with E-state index in [1.165, 1.54) is 0 Å². The van der Waals surface area contributed by atoms with Crippen molar-refractivity contribution < 1.29 is 17.7 Å². The van der Waals surface area contributed by atoms with Crippen molar-refractivity contribution in [2.75, 3.05) is 13.7 Å². The molecule has 1 aliphatic rings. The Bertz CT molecular complexity index is 776. The van der Waals surface area contributed by atoms with E-state index in [4.69, 9.17) is 9.26 Å². The number of aryl methyl sites for hydroxylation is 2. The Balaban J connectivity index is 1.98. The zero-order valence-electron chi connectivity index (χ0n) is 13.4. The number of rotatable bonds is 4. The average Bonchev–Trinajstić information content (AvgIpc) is 3.14. The first-order chi connectivity index (χ1) is 10.9. The van der Waals surface area contributed by atoms with Crippen LogP contribution in [0.15, 0.2) is 33.7 Å². The second kappa shape index (κ2) is 5.98. The molecular weight excluding hydrogens is 316 g/mol. The summed E-state index contributed by atoms with van der Waals surface area (Å²) in [7, 11) is -2.01. The summed E-state index contributed by atoms with van der Waals surface area (Å²) in [4.78, 5) is 0.275. The van der Waals surface area contributed by atoms with Gasteiger partial charge in [-0.15, -0.1) is 0 Å². The monoisotopic (exact) mass is 336 g/mol. The summed E-state index contributed by atoms with van der Waals surface area (Å²) in [5, 5.41) is 3.96. The third-order valence-corrected chi connectivity index (χ3v) is 6.21. The molecule has 0 amide bonds. The van der Waals surface area contributed by atoms with Gasteiger partial charge >= 0.3 is 0 Å². The van der Waals surface area contributed by atoms with E-state index in [-0.39, 0.29) is 10.9 Å². The number of hydrogen-bond acceptors (Lipinski definition) is 5. The molecule has 124 valence electrons. The molecular formula is C16H20N2O4S. The Morgan fingerprint density at radius 1 is 1.26 bits per heavy atom. The molecule has 0 radical (unpaired) electrons. The number of aromatic nitrogens is 1. The number of sulfonamides is 1. The maximum atomic E-state index is 13.0. The fourth-order valence-corrected chi connectivity index (χ4v) is 4.83. The Labute approximate surface area is 136 Å². The van der Waals surface area contributed by atoms with Crippen LogP contribution >= 0.6 is 0 Å². The van der Waals surface area contributed by atoms with Crippen LogP contribution in [0.1, 0.15) is 35.9 Å². The van der Waals surface area contributed by atoms with Crippen molar-refractivity contribution in [2.45, 2.75) is 37.6 Å². The van der Waals surface area contributed by atoms with Gasteiger partial charge in [0.1, 0.15) is 11.5 Å². The Hall–Kier alpha value is -1.86. The van der Waals surface area contributed by atoms with Gasteiger partial charge in [0.25, 0.3) is 0 Å². The predicted octanol–water partition coefficient (Wildman–Crippen LogP) is 2.83. The lowest BCUT2D eigenvalue weighted by molar-refractivity contribution is 0.376. The minimum Gasteiger partial charge on any atom is -0.497 e. The molecule has 1 fully saturated rings. The van der Waals surface area contributed by atoms with Crippen LogP contribution in [-0.2, 0) is 10.0 Å². The standard InChI is InChI=1S/C16H20N2O4S/c1-11-16(12(2)22-17-11)15-5-4-10-18(15)23(19,20)14-8-6-13(21-3)7-9-14/h6-9,15H,4-5,10H2,1-3H3/t15-/m0/s1. The largest absolute Gasteiger partial charge is 0.497 e. The van der Waals surface area contributed by atoms with Crippen molar-refractivity contribution in [3.63, 3.8) is 0 Å². The minimum absolute atomic E-state index is 0.214. The molecule has 1 aromatic carbocycles. The lowest BCUT2D eigenvalue weighted by atomic mass is 10.0. The molecule has 1 atom stereocenters. The van der Waals surface area contributed by atoms with Crippen molar-refractivity contribution >= 4 is 10.0 Å². The van der Waals surface area contributed by atoms with E-state index in [9.17, 15) is 8.42 Å². The first-order valence-corrected chi connectivity index (χ1v) is 8.98. The maximum Gasteiger partial charge on any atom is 0.243 e. The second-order valence-corrected chi connectivity index (χ2v) is 7.58. The second-order valence-electron chi connectivity index (χ2n) is 5.69. The Kier molecular flexibility index (Phi) is 4.16. The van der Waals surface area contributed by atoms with Gasteiger partial charge in [-0.05, 0) is 51.0 Å². The van der Waals surface area contributed by atoms with Gasteiger partial charge in [-0.25, -0.2) is 8.42 Å². The molecule has 1 aromatic heterocycles. The molecule has 0 unspecified atom stereocenters. The molecule has 2 heterocycles. The van der Waals surface area contributed by atoms with Crippen molar-refractivity contribution in [1.29, 1.82) is 0 Å². The molecule has 7 heteroatoms. The highest BCUT2D eigenvalue weighted by Gasteiger charge is 2.38. The summed E-state index contributed by atoms with van der Waals surface area (Å²) in [5.41, 5.74) is 1.64. The van der Waals surface area contributed by atoms with Gasteiger partial charge in [-0.2, -0.15) is 4.31 Å². The summed E-state index contributed by atoms with van der Waals surface area (Å²) in [6.45, 7) is 4.18. The number of hydrogen-bond donors (Lipinski definition) is 0. The lowest BCUT2D eigenvalue weighted by Crippen LogP contribution is -2.31. The van der Waals surface area contributed by atoms with E-state index in [1.54, 1.807) is 35.7 Å². The van der Waals surface area contributed by atoms with Crippen LogP contribution in [0.2, 0.25) is 0 Å². The molecule has 1 saturated heterocycles. The van der Waals surface area contributed by atoms with Gasteiger partial charge in [0.2, 0.25) is 10.0 Å². The zero-order valence-corrected chi connectivity index (χ0v) is 14.3. The van der Waals surface area contributed by atoms with Crippen LogP contribution in [0, 0.1) is 13.8 Å². The van der Waals surface area contributed by atoms with Crippen LogP contribution in [0.5, 0.6) is 5.75 Å². The average molecular weight is 336 g/mol. The van der Waals surface area contributed by atoms with Crippen LogP contribution in [-0.4, -0.2) is 31.5 Å². The van der Waals surface area contributed by atoms with E-state index in [0.717, 1.165) is 24.1 Å². The SMILES string of the molecule is COc1ccc(S(=O)(=O)N2CCC[C@H]2c2c(C)noc2C)cc1. The van der Waals surface area contributed by atoms with Crippen molar-refractivity contribution in [3.8, 4) is 5.75 Å². The Morgan fingerprint density at radius 2 is 1.96 bits per heavy atom. The quantitative estimate of drug-likeness (QED) is 0.858. The minimum atomic E-state index is -3.56. The van der Waals surface area contributed by atoms with Crippen molar-refractivity contribution in [2.24, 2.45) is 0 Å². The molecule has 0 saturated carbocycles. The number of nitrogens with zero attached hydrogens (tertiary/aromatic N) is 2. The number of ether oxygens (including phenoxy) is 1. The molecule has 3 rings (SSSR count). The summed E-state index contributed by atoms with van der Waals surface area (Å²) in [5.74, 6) is 1.32. The third-order valence-electron chi connectivity index (χ3n) is 4.29. The molecule has 6 nitrogen and oxygen atoms in total. The van der Waals surface area contributed by atoms with Crippen LogP contribution in [0.25, 0.3) is 0 Å². The van der Waals surface area contributed by atoms with E-state index >= 15 is 0 Å². The van der Waals surface area contributed by atoms with E-state index < -0.39 is 10.0 Å². The number of methoxy groups -OCH3 is 1. The van der Waals surface area contributed by atoms with Gasteiger partial charge in [-0.3, -0.25) is 0 Å². The first kappa shape index (κ1) is 16.0. The fraction of sp³-hybridized carbons (Fsp3) is 0.438. The first-order valence-electron chi connectivity index (χ1n) is 7.54. The predicted molar refractivity (Wildman–Crippen MR) is 84.8 cm³/mol. The molecule has 0 bridgehead atoms. The number of benzene rings is 1. The van der Waals surface area contributed by atoms with Gasteiger partial charge in [-0.1, -0.05) is 5.16 Å². The van der Waals surface area contributed by atoms with Gasteiger partial charge in [0, 0.05) is 12.1 Å². The van der Waals surface area contributed by atoms with E-state index in [1.807, 2.05) is 13.8 Å². The highest BCUT2D eigenvalue weighted by atomic mass is 32.2. The molecule has 23 heavy (non-hydrogen) atoms. The third kappa shape index (κ3) is 2.74. The van der Waals surface area contributed by atoms with Crippen molar-refractivity contribution in [3.05, 3.63) is 41.3 Å². The summed E-state index contributed by atoms with van der Waals surface area (Å²) in [6, 6.07) is 6.27. The van der Waals surface area contributed by atoms with E-state index in [2.05, 4.69) is 5.16 Å². The topological polar surface area (TPSA) is 72.6 Å². The molecule has 0 spiro atoms. The van der Waals surface area contributed by atoms with Gasteiger partial charge < -0.3 is 9.26 Å². The zero-order chi connectivity index (χ0) is 16.6. The highest BCUT2D eigenvalue weighted by molar-refractivity contribution is 7.89. The molecule has 1 aliphatic heterocycles. The molecule has 2 aromatic rings. The fourth-order valence-electron chi connectivity index (χ4n) is 3.17. The maximum absolute atomic E-state index is 13.0.